The van der Waals surface area contributed by atoms with Gasteiger partial charge in [-0.15, -0.1) is 12.4 Å². The molecule has 2 aromatic heterocycles. The lowest BCUT2D eigenvalue weighted by molar-refractivity contribution is -0.142. The maximum absolute atomic E-state index is 12.8. The molecule has 0 spiro atoms. The van der Waals surface area contributed by atoms with E-state index in [1.807, 2.05) is 10.9 Å². The third kappa shape index (κ3) is 4.74. The van der Waals surface area contributed by atoms with Crippen LogP contribution >= 0.6 is 12.4 Å². The zero-order chi connectivity index (χ0) is 15.5. The third-order valence-corrected chi connectivity index (χ3v) is 2.96. The SMILES string of the molecule is CCCn1cc(CNCc2cn(C)nc2C(F)(F)F)cn1.Cl. The van der Waals surface area contributed by atoms with Crippen molar-refractivity contribution in [3.05, 3.63) is 35.4 Å². The lowest BCUT2D eigenvalue weighted by atomic mass is 10.2. The van der Waals surface area contributed by atoms with Crippen LogP contribution < -0.4 is 5.32 Å². The Kier molecular flexibility index (Phi) is 6.43. The summed E-state index contributed by atoms with van der Waals surface area (Å²) in [6.45, 7) is 3.47. The number of halogens is 4. The molecule has 0 saturated heterocycles. The Labute approximate surface area is 132 Å². The summed E-state index contributed by atoms with van der Waals surface area (Å²) in [6, 6.07) is 0. The molecule has 0 aliphatic carbocycles. The van der Waals surface area contributed by atoms with Crippen molar-refractivity contribution in [1.82, 2.24) is 24.9 Å². The van der Waals surface area contributed by atoms with Crippen molar-refractivity contribution in [2.75, 3.05) is 0 Å². The normalized spacial score (nSPS) is 11.5. The van der Waals surface area contributed by atoms with Gasteiger partial charge in [-0.1, -0.05) is 6.92 Å². The standard InChI is InChI=1S/C13H18F3N5.ClH/c1-3-4-21-8-10(6-18-21)5-17-7-11-9-20(2)19-12(11)13(14,15)16;/h6,8-9,17H,3-5,7H2,1-2H3;1H. The molecule has 1 N–H and O–H groups in total. The first-order valence-corrected chi connectivity index (χ1v) is 6.72. The van der Waals surface area contributed by atoms with Crippen LogP contribution in [-0.4, -0.2) is 19.6 Å². The summed E-state index contributed by atoms with van der Waals surface area (Å²) >= 11 is 0. The minimum absolute atomic E-state index is 0. The van der Waals surface area contributed by atoms with Gasteiger partial charge in [0.2, 0.25) is 0 Å². The molecule has 0 aromatic carbocycles. The highest BCUT2D eigenvalue weighted by Gasteiger charge is 2.36. The fourth-order valence-electron chi connectivity index (χ4n) is 2.10. The number of hydrogen-bond acceptors (Lipinski definition) is 3. The van der Waals surface area contributed by atoms with Gasteiger partial charge >= 0.3 is 6.18 Å². The first kappa shape index (κ1) is 18.5. The fraction of sp³-hybridized carbons (Fsp3) is 0.538. The quantitative estimate of drug-likeness (QED) is 0.881. The fourth-order valence-corrected chi connectivity index (χ4v) is 2.10. The van der Waals surface area contributed by atoms with Crippen LogP contribution in [0.2, 0.25) is 0 Å². The smallest absolute Gasteiger partial charge is 0.308 e. The maximum atomic E-state index is 12.8. The van der Waals surface area contributed by atoms with Gasteiger partial charge < -0.3 is 5.32 Å². The van der Waals surface area contributed by atoms with Gasteiger partial charge in [-0.3, -0.25) is 9.36 Å². The second-order valence-electron chi connectivity index (χ2n) is 4.89. The van der Waals surface area contributed by atoms with Gasteiger partial charge in [-0.2, -0.15) is 23.4 Å². The van der Waals surface area contributed by atoms with Crippen molar-refractivity contribution in [3.63, 3.8) is 0 Å². The van der Waals surface area contributed by atoms with E-state index in [1.54, 1.807) is 6.20 Å². The Morgan fingerprint density at radius 3 is 2.59 bits per heavy atom. The maximum Gasteiger partial charge on any atom is 0.435 e. The minimum Gasteiger partial charge on any atom is -0.308 e. The van der Waals surface area contributed by atoms with Crippen molar-refractivity contribution in [2.45, 2.75) is 39.2 Å². The lowest BCUT2D eigenvalue weighted by Crippen LogP contribution is -2.16. The molecular weight excluding hydrogens is 319 g/mol. The van der Waals surface area contributed by atoms with E-state index in [0.717, 1.165) is 18.5 Å². The summed E-state index contributed by atoms with van der Waals surface area (Å²) in [5.74, 6) is 0. The van der Waals surface area contributed by atoms with Crippen molar-refractivity contribution in [2.24, 2.45) is 7.05 Å². The molecule has 0 saturated carbocycles. The van der Waals surface area contributed by atoms with Crippen molar-refractivity contribution in [3.8, 4) is 0 Å². The zero-order valence-corrected chi connectivity index (χ0v) is 13.2. The number of aromatic nitrogens is 4. The number of aryl methyl sites for hydroxylation is 2. The molecule has 0 radical (unpaired) electrons. The molecule has 2 aromatic rings. The lowest BCUT2D eigenvalue weighted by Gasteiger charge is -2.06. The second-order valence-corrected chi connectivity index (χ2v) is 4.89. The summed E-state index contributed by atoms with van der Waals surface area (Å²) in [5.41, 5.74) is 0.256. The number of hydrogen-bond donors (Lipinski definition) is 1. The first-order valence-electron chi connectivity index (χ1n) is 6.72. The number of alkyl halides is 3. The molecule has 0 bridgehead atoms. The molecule has 2 heterocycles. The van der Waals surface area contributed by atoms with E-state index in [4.69, 9.17) is 0 Å². The molecule has 0 aliphatic rings. The van der Waals surface area contributed by atoms with Gasteiger partial charge in [-0.25, -0.2) is 0 Å². The average molecular weight is 338 g/mol. The Morgan fingerprint density at radius 1 is 1.23 bits per heavy atom. The van der Waals surface area contributed by atoms with E-state index < -0.39 is 11.9 Å². The molecule has 0 fully saturated rings. The molecule has 124 valence electrons. The highest BCUT2D eigenvalue weighted by Crippen LogP contribution is 2.30. The van der Waals surface area contributed by atoms with E-state index in [9.17, 15) is 13.2 Å². The topological polar surface area (TPSA) is 47.7 Å². The van der Waals surface area contributed by atoms with Crippen LogP contribution in [0.15, 0.2) is 18.6 Å². The van der Waals surface area contributed by atoms with E-state index >= 15 is 0 Å². The predicted octanol–water partition coefficient (Wildman–Crippen LogP) is 2.76. The van der Waals surface area contributed by atoms with Crippen molar-refractivity contribution < 1.29 is 13.2 Å². The van der Waals surface area contributed by atoms with Crippen LogP contribution in [0.5, 0.6) is 0 Å². The molecule has 5 nitrogen and oxygen atoms in total. The van der Waals surface area contributed by atoms with Gasteiger partial charge in [0.05, 0.1) is 6.20 Å². The average Bonchev–Trinajstić information content (AvgIpc) is 2.96. The summed E-state index contributed by atoms with van der Waals surface area (Å²) in [6.07, 6.45) is 1.56. The Balaban J connectivity index is 0.00000242. The van der Waals surface area contributed by atoms with E-state index in [2.05, 4.69) is 22.4 Å². The van der Waals surface area contributed by atoms with Crippen LogP contribution in [0, 0.1) is 0 Å². The summed E-state index contributed by atoms with van der Waals surface area (Å²) < 4.78 is 41.4. The third-order valence-electron chi connectivity index (χ3n) is 2.96. The Hall–Kier alpha value is -1.54. The van der Waals surface area contributed by atoms with E-state index in [0.29, 0.717) is 6.54 Å². The highest BCUT2D eigenvalue weighted by atomic mass is 35.5. The number of nitrogens with zero attached hydrogens (tertiary/aromatic N) is 4. The monoisotopic (exact) mass is 337 g/mol. The van der Waals surface area contributed by atoms with Gasteiger partial charge in [-0.05, 0) is 6.42 Å². The van der Waals surface area contributed by atoms with Gasteiger partial charge in [0.15, 0.2) is 5.69 Å². The Morgan fingerprint density at radius 2 is 1.95 bits per heavy atom. The molecule has 0 atom stereocenters. The number of nitrogens with one attached hydrogen (secondary N) is 1. The van der Waals surface area contributed by atoms with E-state index in [1.165, 1.54) is 17.9 Å². The highest BCUT2D eigenvalue weighted by molar-refractivity contribution is 5.85. The largest absolute Gasteiger partial charge is 0.435 e. The van der Waals surface area contributed by atoms with Gasteiger partial charge in [0, 0.05) is 50.2 Å². The van der Waals surface area contributed by atoms with Crippen LogP contribution in [0.25, 0.3) is 0 Å². The van der Waals surface area contributed by atoms with E-state index in [-0.39, 0.29) is 24.5 Å². The molecule has 22 heavy (non-hydrogen) atoms. The van der Waals surface area contributed by atoms with Gasteiger partial charge in [0.1, 0.15) is 0 Å². The number of rotatable bonds is 6. The van der Waals surface area contributed by atoms with Crippen LogP contribution in [0.4, 0.5) is 13.2 Å². The summed E-state index contributed by atoms with van der Waals surface area (Å²) in [5, 5.41) is 10.6. The zero-order valence-electron chi connectivity index (χ0n) is 12.4. The van der Waals surface area contributed by atoms with Crippen LogP contribution in [0.1, 0.15) is 30.2 Å². The summed E-state index contributed by atoms with van der Waals surface area (Å²) in [7, 11) is 1.48. The van der Waals surface area contributed by atoms with Crippen LogP contribution in [-0.2, 0) is 32.9 Å². The second kappa shape index (κ2) is 7.64. The molecule has 0 unspecified atom stereocenters. The predicted molar refractivity (Wildman–Crippen MR) is 78.5 cm³/mol. The molecular formula is C13H19ClF3N5. The summed E-state index contributed by atoms with van der Waals surface area (Å²) in [4.78, 5) is 0. The van der Waals surface area contributed by atoms with Crippen LogP contribution in [0.3, 0.4) is 0 Å². The van der Waals surface area contributed by atoms with Crippen molar-refractivity contribution >= 4 is 12.4 Å². The molecule has 2 rings (SSSR count). The Bertz CT molecular complexity index is 591. The first-order chi connectivity index (χ1) is 9.90. The van der Waals surface area contributed by atoms with Gasteiger partial charge in [0.25, 0.3) is 0 Å². The molecule has 0 amide bonds. The molecule has 9 heteroatoms. The minimum atomic E-state index is -4.43. The van der Waals surface area contributed by atoms with Crippen molar-refractivity contribution in [1.29, 1.82) is 0 Å². The molecule has 0 aliphatic heterocycles.